The summed E-state index contributed by atoms with van der Waals surface area (Å²) in [6.07, 6.45) is 0. The minimum atomic E-state index is -1.02. The number of nitrogens with zero attached hydrogens (tertiary/aromatic N) is 2. The number of halogens is 1. The molecule has 1 aromatic heterocycles. The highest BCUT2D eigenvalue weighted by molar-refractivity contribution is 7.22. The molecule has 1 atom stereocenters. The van der Waals surface area contributed by atoms with E-state index >= 15 is 0 Å². The molecule has 3 aromatic carbocycles. The van der Waals surface area contributed by atoms with Gasteiger partial charge in [0.1, 0.15) is 17.3 Å². The quantitative estimate of drug-likeness (QED) is 0.253. The number of amides is 1. The number of aromatic hydroxyl groups is 1. The first-order valence-electron chi connectivity index (χ1n) is 10.1. The van der Waals surface area contributed by atoms with Crippen LogP contribution in [-0.2, 0) is 9.59 Å². The Hall–Kier alpha value is -4.04. The van der Waals surface area contributed by atoms with Crippen LogP contribution in [-0.4, -0.2) is 26.9 Å². The number of ketones is 1. The summed E-state index contributed by atoms with van der Waals surface area (Å²) in [5.41, 5.74) is 2.15. The fraction of sp³-hybridized carbons (Fsp3) is 0.0800. The van der Waals surface area contributed by atoms with Crippen LogP contribution in [0.4, 0.5) is 9.52 Å². The Morgan fingerprint density at radius 3 is 2.55 bits per heavy atom. The van der Waals surface area contributed by atoms with Crippen molar-refractivity contribution in [2.24, 2.45) is 0 Å². The van der Waals surface area contributed by atoms with E-state index in [0.717, 1.165) is 16.9 Å². The van der Waals surface area contributed by atoms with Gasteiger partial charge in [0.15, 0.2) is 5.13 Å². The molecule has 33 heavy (non-hydrogen) atoms. The molecule has 4 aromatic rings. The van der Waals surface area contributed by atoms with Gasteiger partial charge >= 0.3 is 5.91 Å². The lowest BCUT2D eigenvalue weighted by molar-refractivity contribution is -0.132. The van der Waals surface area contributed by atoms with Crippen LogP contribution < -0.4 is 4.90 Å². The predicted molar refractivity (Wildman–Crippen MR) is 124 cm³/mol. The Morgan fingerprint density at radius 2 is 1.82 bits per heavy atom. The van der Waals surface area contributed by atoms with Crippen molar-refractivity contribution in [3.05, 3.63) is 94.8 Å². The molecule has 164 valence electrons. The molecule has 0 bridgehead atoms. The fourth-order valence-electron chi connectivity index (χ4n) is 3.90. The largest absolute Gasteiger partial charge is 0.508 e. The average Bonchev–Trinajstić information content (AvgIpc) is 3.32. The molecule has 8 heteroatoms. The summed E-state index contributed by atoms with van der Waals surface area (Å²) >= 11 is 1.06. The zero-order valence-corrected chi connectivity index (χ0v) is 18.1. The number of carbonyl (C=O) groups excluding carboxylic acids is 2. The van der Waals surface area contributed by atoms with Gasteiger partial charge in [-0.25, -0.2) is 9.37 Å². The molecule has 1 saturated heterocycles. The number of fused-ring (bicyclic) bond motifs is 1. The molecule has 1 unspecified atom stereocenters. The maximum atomic E-state index is 13.7. The minimum Gasteiger partial charge on any atom is -0.508 e. The zero-order chi connectivity index (χ0) is 23.3. The molecule has 5 rings (SSSR count). The van der Waals surface area contributed by atoms with Crippen LogP contribution in [0.25, 0.3) is 16.0 Å². The average molecular weight is 460 g/mol. The SMILES string of the molecule is Cc1ccc(C(O)=C2C(=O)C(=O)N(c3nc4ccc(F)cc4s3)C2c2cccc(O)c2)cc1. The third-order valence-electron chi connectivity index (χ3n) is 5.50. The number of aryl methyl sites for hydroxylation is 1. The Labute approximate surface area is 191 Å². The highest BCUT2D eigenvalue weighted by Crippen LogP contribution is 2.44. The second-order valence-corrected chi connectivity index (χ2v) is 8.75. The molecule has 1 aliphatic heterocycles. The van der Waals surface area contributed by atoms with Gasteiger partial charge in [-0.15, -0.1) is 0 Å². The summed E-state index contributed by atoms with van der Waals surface area (Å²) in [5.74, 6) is -2.55. The second kappa shape index (κ2) is 7.83. The number of phenols is 1. The number of thiazole rings is 1. The Balaban J connectivity index is 1.74. The summed E-state index contributed by atoms with van der Waals surface area (Å²) in [4.78, 5) is 32.0. The number of hydrogen-bond donors (Lipinski definition) is 2. The van der Waals surface area contributed by atoms with Gasteiger partial charge < -0.3 is 10.2 Å². The van der Waals surface area contributed by atoms with Gasteiger partial charge in [0.05, 0.1) is 21.8 Å². The van der Waals surface area contributed by atoms with Gasteiger partial charge in [0.25, 0.3) is 5.78 Å². The number of benzene rings is 3. The summed E-state index contributed by atoms with van der Waals surface area (Å²) in [5, 5.41) is 21.3. The molecule has 0 aliphatic carbocycles. The lowest BCUT2D eigenvalue weighted by atomic mass is 9.95. The van der Waals surface area contributed by atoms with Crippen LogP contribution in [0.2, 0.25) is 0 Å². The van der Waals surface area contributed by atoms with Crippen LogP contribution in [0.15, 0.2) is 72.3 Å². The van der Waals surface area contributed by atoms with Crippen molar-refractivity contribution in [2.45, 2.75) is 13.0 Å². The molecule has 6 nitrogen and oxygen atoms in total. The molecular weight excluding hydrogens is 443 g/mol. The van der Waals surface area contributed by atoms with Crippen molar-refractivity contribution < 1.29 is 24.2 Å². The van der Waals surface area contributed by atoms with E-state index in [1.807, 2.05) is 6.92 Å². The Morgan fingerprint density at radius 1 is 1.06 bits per heavy atom. The topological polar surface area (TPSA) is 90.7 Å². The van der Waals surface area contributed by atoms with E-state index in [0.29, 0.717) is 21.3 Å². The summed E-state index contributed by atoms with van der Waals surface area (Å²) in [6, 6.07) is 16.1. The van der Waals surface area contributed by atoms with Gasteiger partial charge in [0.2, 0.25) is 0 Å². The number of anilines is 1. The van der Waals surface area contributed by atoms with E-state index in [9.17, 15) is 24.2 Å². The number of hydrogen-bond acceptors (Lipinski definition) is 6. The van der Waals surface area contributed by atoms with Gasteiger partial charge in [0, 0.05) is 5.56 Å². The normalized spacial score (nSPS) is 17.8. The molecule has 0 spiro atoms. The van der Waals surface area contributed by atoms with Crippen molar-refractivity contribution in [2.75, 3.05) is 4.90 Å². The van der Waals surface area contributed by atoms with Crippen LogP contribution in [0.3, 0.4) is 0 Å². The number of Topliss-reactive ketones (excluding diaryl/α,β-unsaturated/α-hetero) is 1. The van der Waals surface area contributed by atoms with Crippen molar-refractivity contribution in [1.29, 1.82) is 0 Å². The molecular formula is C25H17FN2O4S. The third-order valence-corrected chi connectivity index (χ3v) is 6.52. The lowest BCUT2D eigenvalue weighted by Crippen LogP contribution is -2.29. The van der Waals surface area contributed by atoms with Crippen molar-refractivity contribution in [3.63, 3.8) is 0 Å². The van der Waals surface area contributed by atoms with Crippen LogP contribution in [0, 0.1) is 12.7 Å². The molecule has 0 radical (unpaired) electrons. The van der Waals surface area contributed by atoms with E-state index in [1.54, 1.807) is 36.4 Å². The Kier molecular flexibility index (Phi) is 4.94. The van der Waals surface area contributed by atoms with Crippen molar-refractivity contribution in [1.82, 2.24) is 4.98 Å². The zero-order valence-electron chi connectivity index (χ0n) is 17.3. The number of aliphatic hydroxyl groups is 1. The van der Waals surface area contributed by atoms with E-state index in [-0.39, 0.29) is 22.2 Å². The molecule has 1 aliphatic rings. The number of aliphatic hydroxyl groups excluding tert-OH is 1. The summed E-state index contributed by atoms with van der Waals surface area (Å²) < 4.78 is 14.2. The first-order chi connectivity index (χ1) is 15.8. The van der Waals surface area contributed by atoms with Gasteiger partial charge in [-0.3, -0.25) is 14.5 Å². The van der Waals surface area contributed by atoms with Crippen LogP contribution in [0.5, 0.6) is 5.75 Å². The molecule has 2 heterocycles. The van der Waals surface area contributed by atoms with Crippen LogP contribution in [0.1, 0.15) is 22.7 Å². The molecule has 2 N–H and O–H groups in total. The van der Waals surface area contributed by atoms with E-state index in [1.165, 1.54) is 35.2 Å². The van der Waals surface area contributed by atoms with Crippen molar-refractivity contribution >= 4 is 44.1 Å². The van der Waals surface area contributed by atoms with E-state index in [2.05, 4.69) is 4.98 Å². The van der Waals surface area contributed by atoms with Crippen molar-refractivity contribution in [3.8, 4) is 5.75 Å². The number of rotatable bonds is 3. The number of aromatic nitrogens is 1. The third kappa shape index (κ3) is 3.54. The molecule has 1 fully saturated rings. The monoisotopic (exact) mass is 460 g/mol. The highest BCUT2D eigenvalue weighted by atomic mass is 32.1. The predicted octanol–water partition coefficient (Wildman–Crippen LogP) is 5.08. The molecule has 1 amide bonds. The lowest BCUT2D eigenvalue weighted by Gasteiger charge is -2.23. The highest BCUT2D eigenvalue weighted by Gasteiger charge is 2.48. The maximum absolute atomic E-state index is 13.7. The second-order valence-electron chi connectivity index (χ2n) is 7.74. The smallest absolute Gasteiger partial charge is 0.301 e. The van der Waals surface area contributed by atoms with E-state index in [4.69, 9.17) is 0 Å². The van der Waals surface area contributed by atoms with Crippen LogP contribution >= 0.6 is 11.3 Å². The van der Waals surface area contributed by atoms with Gasteiger partial charge in [-0.2, -0.15) is 0 Å². The molecule has 0 saturated carbocycles. The maximum Gasteiger partial charge on any atom is 0.301 e. The summed E-state index contributed by atoms with van der Waals surface area (Å²) in [6.45, 7) is 1.89. The fourth-order valence-corrected chi connectivity index (χ4v) is 4.91. The number of phenolic OH excluding ortho intramolecular Hbond substituents is 1. The standard InChI is InChI=1S/C25H17FN2O4S/c1-13-5-7-14(8-6-13)22(30)20-21(15-3-2-4-17(29)11-15)28(24(32)23(20)31)25-27-18-10-9-16(26)12-19(18)33-25/h2-12,21,29-30H,1H3. The van der Waals surface area contributed by atoms with E-state index < -0.39 is 23.5 Å². The minimum absolute atomic E-state index is 0.0557. The van der Waals surface area contributed by atoms with Gasteiger partial charge in [-0.1, -0.05) is 53.3 Å². The Bertz CT molecular complexity index is 1460. The number of carbonyl (C=O) groups is 2. The first kappa shape index (κ1) is 20.8. The first-order valence-corrected chi connectivity index (χ1v) is 10.9. The summed E-state index contributed by atoms with van der Waals surface area (Å²) in [7, 11) is 0. The van der Waals surface area contributed by atoms with Gasteiger partial charge in [-0.05, 0) is 42.8 Å².